The molecule has 0 unspecified atom stereocenters. The van der Waals surface area contributed by atoms with Gasteiger partial charge in [0, 0.05) is 14.0 Å². The van der Waals surface area contributed by atoms with Crippen LogP contribution in [0.2, 0.25) is 0 Å². The number of hydrogen-bond acceptors (Lipinski definition) is 2. The van der Waals surface area contributed by atoms with Crippen LogP contribution in [-0.4, -0.2) is 25.2 Å². The molecule has 1 N–H and O–H groups in total. The van der Waals surface area contributed by atoms with E-state index in [1.807, 2.05) is 19.1 Å². The third-order valence-corrected chi connectivity index (χ3v) is 1.16. The summed E-state index contributed by atoms with van der Waals surface area (Å²) in [7, 11) is 1.71. The number of amides is 1. The van der Waals surface area contributed by atoms with Gasteiger partial charge in [-0.2, -0.15) is 0 Å². The highest BCUT2D eigenvalue weighted by Gasteiger charge is 1.93. The summed E-state index contributed by atoms with van der Waals surface area (Å²) >= 11 is 0. The standard InChI is InChI=1S/C8H14N2O/c1-4-5-8(9-3)6-10-7(2)11/h4-5H,6H2,1-3H3,(H,10,11)/b5-4-,9-8+. The fourth-order valence-corrected chi connectivity index (χ4v) is 0.620. The summed E-state index contributed by atoms with van der Waals surface area (Å²) in [6.45, 7) is 3.91. The van der Waals surface area contributed by atoms with Crippen molar-refractivity contribution in [2.45, 2.75) is 13.8 Å². The van der Waals surface area contributed by atoms with Crippen LogP contribution in [0.15, 0.2) is 17.1 Å². The Morgan fingerprint density at radius 2 is 2.27 bits per heavy atom. The summed E-state index contributed by atoms with van der Waals surface area (Å²) in [6, 6.07) is 0. The third kappa shape index (κ3) is 5.33. The molecule has 0 radical (unpaired) electrons. The monoisotopic (exact) mass is 154 g/mol. The number of nitrogens with zero attached hydrogens (tertiary/aromatic N) is 1. The summed E-state index contributed by atoms with van der Waals surface area (Å²) in [5, 5.41) is 2.66. The molecule has 1 amide bonds. The minimum atomic E-state index is -0.0318. The first-order valence-corrected chi connectivity index (χ1v) is 3.53. The van der Waals surface area contributed by atoms with Crippen LogP contribution >= 0.6 is 0 Å². The first-order valence-electron chi connectivity index (χ1n) is 3.53. The SMILES string of the molecule is C/C=C\C(CNC(C)=O)=N/C. The highest BCUT2D eigenvalue weighted by atomic mass is 16.1. The molecule has 3 heteroatoms. The van der Waals surface area contributed by atoms with E-state index in [1.54, 1.807) is 7.05 Å². The molecule has 0 aliphatic carbocycles. The minimum absolute atomic E-state index is 0.0318. The van der Waals surface area contributed by atoms with E-state index in [-0.39, 0.29) is 5.91 Å². The molecule has 0 aromatic heterocycles. The maximum Gasteiger partial charge on any atom is 0.217 e. The number of carbonyl (C=O) groups excluding carboxylic acids is 1. The molecule has 0 aliphatic heterocycles. The van der Waals surface area contributed by atoms with Crippen molar-refractivity contribution in [1.29, 1.82) is 0 Å². The van der Waals surface area contributed by atoms with Crippen molar-refractivity contribution in [3.05, 3.63) is 12.2 Å². The van der Waals surface area contributed by atoms with Gasteiger partial charge in [0.15, 0.2) is 0 Å². The maximum atomic E-state index is 10.5. The molecule has 0 rings (SSSR count). The lowest BCUT2D eigenvalue weighted by atomic mass is 10.3. The van der Waals surface area contributed by atoms with E-state index in [9.17, 15) is 4.79 Å². The molecule has 0 fully saturated rings. The van der Waals surface area contributed by atoms with Crippen LogP contribution < -0.4 is 5.32 Å². The molecule has 0 spiro atoms. The predicted octanol–water partition coefficient (Wildman–Crippen LogP) is 0.769. The maximum absolute atomic E-state index is 10.5. The Balaban J connectivity index is 3.81. The van der Waals surface area contributed by atoms with Crippen molar-refractivity contribution in [2.75, 3.05) is 13.6 Å². The molecule has 0 saturated heterocycles. The number of carbonyl (C=O) groups is 1. The Bertz CT molecular complexity index is 183. The smallest absolute Gasteiger partial charge is 0.217 e. The zero-order valence-electron chi connectivity index (χ0n) is 7.22. The van der Waals surface area contributed by atoms with Crippen LogP contribution in [0.3, 0.4) is 0 Å². The third-order valence-electron chi connectivity index (χ3n) is 1.16. The Hall–Kier alpha value is -1.12. The Kier molecular flexibility index (Phi) is 5.07. The molecular formula is C8H14N2O. The van der Waals surface area contributed by atoms with E-state index in [1.165, 1.54) is 6.92 Å². The summed E-state index contributed by atoms with van der Waals surface area (Å²) < 4.78 is 0. The van der Waals surface area contributed by atoms with E-state index in [4.69, 9.17) is 0 Å². The lowest BCUT2D eigenvalue weighted by Crippen LogP contribution is -2.26. The summed E-state index contributed by atoms with van der Waals surface area (Å²) in [4.78, 5) is 14.4. The van der Waals surface area contributed by atoms with Gasteiger partial charge in [-0.1, -0.05) is 6.08 Å². The summed E-state index contributed by atoms with van der Waals surface area (Å²) in [6.07, 6.45) is 3.76. The molecular weight excluding hydrogens is 140 g/mol. The number of rotatable bonds is 3. The molecule has 0 aromatic carbocycles. The van der Waals surface area contributed by atoms with Crippen molar-refractivity contribution in [3.63, 3.8) is 0 Å². The second-order valence-electron chi connectivity index (χ2n) is 2.12. The highest BCUT2D eigenvalue weighted by molar-refractivity contribution is 5.98. The highest BCUT2D eigenvalue weighted by Crippen LogP contribution is 1.79. The van der Waals surface area contributed by atoms with Gasteiger partial charge in [0.05, 0.1) is 12.3 Å². The van der Waals surface area contributed by atoms with Crippen LogP contribution in [0, 0.1) is 0 Å². The van der Waals surface area contributed by atoms with Crippen molar-refractivity contribution in [2.24, 2.45) is 4.99 Å². The topological polar surface area (TPSA) is 41.5 Å². The van der Waals surface area contributed by atoms with E-state index in [0.717, 1.165) is 5.71 Å². The number of aliphatic imine (C=N–C) groups is 1. The molecule has 3 nitrogen and oxygen atoms in total. The normalized spacial score (nSPS) is 12.1. The zero-order chi connectivity index (χ0) is 8.69. The molecule has 0 aromatic rings. The van der Waals surface area contributed by atoms with Crippen molar-refractivity contribution in [1.82, 2.24) is 5.32 Å². The molecule has 11 heavy (non-hydrogen) atoms. The van der Waals surface area contributed by atoms with Gasteiger partial charge in [-0.05, 0) is 13.0 Å². The van der Waals surface area contributed by atoms with Gasteiger partial charge >= 0.3 is 0 Å². The van der Waals surface area contributed by atoms with Gasteiger partial charge in [-0.15, -0.1) is 0 Å². The van der Waals surface area contributed by atoms with Crippen molar-refractivity contribution < 1.29 is 4.79 Å². The quantitative estimate of drug-likeness (QED) is 0.599. The van der Waals surface area contributed by atoms with Gasteiger partial charge in [-0.25, -0.2) is 0 Å². The van der Waals surface area contributed by atoms with Crippen molar-refractivity contribution >= 4 is 11.6 Å². The van der Waals surface area contributed by atoms with Gasteiger partial charge in [0.25, 0.3) is 0 Å². The van der Waals surface area contributed by atoms with E-state index in [2.05, 4.69) is 10.3 Å². The van der Waals surface area contributed by atoms with Gasteiger partial charge in [-0.3, -0.25) is 9.79 Å². The van der Waals surface area contributed by atoms with E-state index < -0.39 is 0 Å². The summed E-state index contributed by atoms with van der Waals surface area (Å²) in [5.41, 5.74) is 0.878. The van der Waals surface area contributed by atoms with Crippen LogP contribution in [0.25, 0.3) is 0 Å². The average molecular weight is 154 g/mol. The fraction of sp³-hybridized carbons (Fsp3) is 0.500. The molecule has 0 saturated carbocycles. The summed E-state index contributed by atoms with van der Waals surface area (Å²) in [5.74, 6) is -0.0318. The average Bonchev–Trinajstić information content (AvgIpc) is 1.97. The Morgan fingerprint density at radius 3 is 2.64 bits per heavy atom. The molecule has 0 atom stereocenters. The molecule has 62 valence electrons. The Labute approximate surface area is 67.2 Å². The lowest BCUT2D eigenvalue weighted by molar-refractivity contribution is -0.118. The van der Waals surface area contributed by atoms with Crippen LogP contribution in [0.4, 0.5) is 0 Å². The number of nitrogens with one attached hydrogen (secondary N) is 1. The van der Waals surface area contributed by atoms with E-state index >= 15 is 0 Å². The van der Waals surface area contributed by atoms with Crippen LogP contribution in [-0.2, 0) is 4.79 Å². The fourth-order valence-electron chi connectivity index (χ4n) is 0.620. The van der Waals surface area contributed by atoms with E-state index in [0.29, 0.717) is 6.54 Å². The Morgan fingerprint density at radius 1 is 1.64 bits per heavy atom. The molecule has 0 bridgehead atoms. The second-order valence-corrected chi connectivity index (χ2v) is 2.12. The van der Waals surface area contributed by atoms with Crippen LogP contribution in [0.1, 0.15) is 13.8 Å². The lowest BCUT2D eigenvalue weighted by Gasteiger charge is -1.99. The number of allylic oxidation sites excluding steroid dienone is 1. The van der Waals surface area contributed by atoms with Gasteiger partial charge < -0.3 is 5.32 Å². The van der Waals surface area contributed by atoms with Gasteiger partial charge in [0.1, 0.15) is 0 Å². The second kappa shape index (κ2) is 5.65. The number of hydrogen-bond donors (Lipinski definition) is 1. The van der Waals surface area contributed by atoms with Crippen molar-refractivity contribution in [3.8, 4) is 0 Å². The van der Waals surface area contributed by atoms with Gasteiger partial charge in [0.2, 0.25) is 5.91 Å². The largest absolute Gasteiger partial charge is 0.351 e. The zero-order valence-corrected chi connectivity index (χ0v) is 7.22. The first kappa shape index (κ1) is 9.88. The first-order chi connectivity index (χ1) is 5.20. The minimum Gasteiger partial charge on any atom is -0.351 e. The van der Waals surface area contributed by atoms with Crippen LogP contribution in [0.5, 0.6) is 0 Å². The molecule has 0 heterocycles. The molecule has 0 aliphatic rings. The predicted molar refractivity (Wildman–Crippen MR) is 46.9 cm³/mol.